The van der Waals surface area contributed by atoms with Gasteiger partial charge >= 0.3 is 0 Å². The van der Waals surface area contributed by atoms with E-state index in [1.807, 2.05) is 18.6 Å². The van der Waals surface area contributed by atoms with Gasteiger partial charge in [-0.1, -0.05) is 27.2 Å². The average Bonchev–Trinajstić information content (AvgIpc) is 1.98. The van der Waals surface area contributed by atoms with Gasteiger partial charge in [-0.15, -0.1) is 0 Å². The molecule has 0 spiro atoms. The Balaban J connectivity index is 4.28. The number of sulfonamides is 1. The second kappa shape index (κ2) is 4.60. The van der Waals surface area contributed by atoms with Gasteiger partial charge in [-0.3, -0.25) is 9.52 Å². The topological polar surface area (TPSA) is 63.2 Å². The zero-order chi connectivity index (χ0) is 10.6. The standard InChI is InChI=1S/C8H17NO3S/c1-5-6(2)7(3)8(10)9-13(4,11)12/h6-7H,5H2,1-4H3,(H,9,10). The van der Waals surface area contributed by atoms with E-state index in [-0.39, 0.29) is 11.8 Å². The molecule has 4 nitrogen and oxygen atoms in total. The molecule has 0 saturated carbocycles. The van der Waals surface area contributed by atoms with Crippen LogP contribution in [-0.2, 0) is 14.8 Å². The molecule has 0 saturated heterocycles. The summed E-state index contributed by atoms with van der Waals surface area (Å²) in [7, 11) is -3.41. The summed E-state index contributed by atoms with van der Waals surface area (Å²) >= 11 is 0. The molecular weight excluding hydrogens is 190 g/mol. The zero-order valence-electron chi connectivity index (χ0n) is 8.49. The Bertz CT molecular complexity index is 271. The third-order valence-corrected chi connectivity index (χ3v) is 2.77. The Morgan fingerprint density at radius 2 is 1.85 bits per heavy atom. The van der Waals surface area contributed by atoms with Crippen LogP contribution in [0.1, 0.15) is 27.2 Å². The van der Waals surface area contributed by atoms with Gasteiger partial charge in [-0.2, -0.15) is 0 Å². The van der Waals surface area contributed by atoms with Gasteiger partial charge in [-0.25, -0.2) is 8.42 Å². The monoisotopic (exact) mass is 207 g/mol. The molecule has 0 fully saturated rings. The van der Waals surface area contributed by atoms with Crippen LogP contribution in [0.2, 0.25) is 0 Å². The normalized spacial score (nSPS) is 16.3. The Morgan fingerprint density at radius 3 is 2.15 bits per heavy atom. The van der Waals surface area contributed by atoms with Crippen LogP contribution in [0.15, 0.2) is 0 Å². The maximum absolute atomic E-state index is 11.3. The van der Waals surface area contributed by atoms with Crippen LogP contribution >= 0.6 is 0 Å². The number of amides is 1. The second-order valence-corrected chi connectivity index (χ2v) is 5.16. The molecule has 5 heteroatoms. The van der Waals surface area contributed by atoms with Crippen LogP contribution in [0.25, 0.3) is 0 Å². The smallest absolute Gasteiger partial charge is 0.236 e. The quantitative estimate of drug-likeness (QED) is 0.739. The second-order valence-electron chi connectivity index (χ2n) is 3.41. The SMILES string of the molecule is CCC(C)C(C)C(=O)NS(C)(=O)=O. The van der Waals surface area contributed by atoms with Gasteiger partial charge in [0.05, 0.1) is 6.26 Å². The van der Waals surface area contributed by atoms with Crippen LogP contribution in [-0.4, -0.2) is 20.6 Å². The zero-order valence-corrected chi connectivity index (χ0v) is 9.31. The van der Waals surface area contributed by atoms with Crippen LogP contribution < -0.4 is 4.72 Å². The molecule has 0 aromatic heterocycles. The molecule has 0 aliphatic heterocycles. The molecule has 0 aliphatic rings. The largest absolute Gasteiger partial charge is 0.274 e. The summed E-state index contributed by atoms with van der Waals surface area (Å²) in [5.74, 6) is -0.488. The van der Waals surface area contributed by atoms with E-state index in [0.29, 0.717) is 0 Å². The fourth-order valence-electron chi connectivity index (χ4n) is 0.888. The Kier molecular flexibility index (Phi) is 4.39. The number of rotatable bonds is 4. The van der Waals surface area contributed by atoms with Crippen molar-refractivity contribution in [1.29, 1.82) is 0 Å². The van der Waals surface area contributed by atoms with E-state index in [2.05, 4.69) is 0 Å². The van der Waals surface area contributed by atoms with E-state index in [0.717, 1.165) is 12.7 Å². The van der Waals surface area contributed by atoms with Crippen LogP contribution in [0, 0.1) is 11.8 Å². The first-order valence-electron chi connectivity index (χ1n) is 4.29. The Hall–Kier alpha value is -0.580. The number of hydrogen-bond donors (Lipinski definition) is 1. The van der Waals surface area contributed by atoms with Crippen molar-refractivity contribution < 1.29 is 13.2 Å². The minimum atomic E-state index is -3.41. The fourth-order valence-corrected chi connectivity index (χ4v) is 1.44. The summed E-state index contributed by atoms with van der Waals surface area (Å²) < 4.78 is 23.4. The number of carbonyl (C=O) groups excluding carboxylic acids is 1. The molecular formula is C8H17NO3S. The summed E-state index contributed by atoms with van der Waals surface area (Å²) in [6.45, 7) is 5.62. The highest BCUT2D eigenvalue weighted by molar-refractivity contribution is 7.89. The molecule has 0 bridgehead atoms. The van der Waals surface area contributed by atoms with Crippen LogP contribution in [0.4, 0.5) is 0 Å². The van der Waals surface area contributed by atoms with Crippen LogP contribution in [0.5, 0.6) is 0 Å². The van der Waals surface area contributed by atoms with E-state index in [9.17, 15) is 13.2 Å². The van der Waals surface area contributed by atoms with E-state index < -0.39 is 15.9 Å². The molecule has 0 aromatic carbocycles. The van der Waals surface area contributed by atoms with E-state index in [1.165, 1.54) is 0 Å². The average molecular weight is 207 g/mol. The number of nitrogens with one attached hydrogen (secondary N) is 1. The first-order chi connectivity index (χ1) is 5.78. The molecule has 78 valence electrons. The van der Waals surface area contributed by atoms with Crippen molar-refractivity contribution in [3.63, 3.8) is 0 Å². The van der Waals surface area contributed by atoms with Crippen molar-refractivity contribution in [3.8, 4) is 0 Å². The highest BCUT2D eigenvalue weighted by atomic mass is 32.2. The molecule has 0 aromatic rings. The lowest BCUT2D eigenvalue weighted by Crippen LogP contribution is -2.36. The summed E-state index contributed by atoms with van der Waals surface area (Å²) in [5, 5.41) is 0. The molecule has 0 heterocycles. The number of carbonyl (C=O) groups is 1. The minimum absolute atomic E-state index is 0.196. The van der Waals surface area contributed by atoms with Gasteiger partial charge in [0.1, 0.15) is 0 Å². The van der Waals surface area contributed by atoms with Gasteiger partial charge in [0.2, 0.25) is 15.9 Å². The van der Waals surface area contributed by atoms with Gasteiger partial charge in [0.15, 0.2) is 0 Å². The summed E-state index contributed by atoms with van der Waals surface area (Å²) in [4.78, 5) is 11.3. The van der Waals surface area contributed by atoms with Crippen molar-refractivity contribution in [2.75, 3.05) is 6.26 Å². The van der Waals surface area contributed by atoms with Crippen molar-refractivity contribution in [2.24, 2.45) is 11.8 Å². The summed E-state index contributed by atoms with van der Waals surface area (Å²) in [6.07, 6.45) is 1.84. The predicted octanol–water partition coefficient (Wildman–Crippen LogP) is 0.744. The lowest BCUT2D eigenvalue weighted by molar-refractivity contribution is -0.124. The highest BCUT2D eigenvalue weighted by Crippen LogP contribution is 2.14. The van der Waals surface area contributed by atoms with Gasteiger partial charge in [0.25, 0.3) is 0 Å². The Morgan fingerprint density at radius 1 is 1.38 bits per heavy atom. The molecule has 13 heavy (non-hydrogen) atoms. The van der Waals surface area contributed by atoms with Crippen molar-refractivity contribution >= 4 is 15.9 Å². The third kappa shape index (κ3) is 4.87. The fraction of sp³-hybridized carbons (Fsp3) is 0.875. The van der Waals surface area contributed by atoms with E-state index in [1.54, 1.807) is 6.92 Å². The Labute approximate surface area is 79.8 Å². The molecule has 0 radical (unpaired) electrons. The third-order valence-electron chi connectivity index (χ3n) is 2.20. The predicted molar refractivity (Wildman–Crippen MR) is 51.6 cm³/mol. The van der Waals surface area contributed by atoms with Crippen molar-refractivity contribution in [1.82, 2.24) is 4.72 Å². The molecule has 1 amide bonds. The maximum Gasteiger partial charge on any atom is 0.236 e. The molecule has 2 atom stereocenters. The lowest BCUT2D eigenvalue weighted by atomic mass is 9.93. The molecule has 1 N–H and O–H groups in total. The van der Waals surface area contributed by atoms with Gasteiger partial charge < -0.3 is 0 Å². The lowest BCUT2D eigenvalue weighted by Gasteiger charge is -2.16. The maximum atomic E-state index is 11.3. The highest BCUT2D eigenvalue weighted by Gasteiger charge is 2.20. The summed E-state index contributed by atoms with van der Waals surface area (Å²) in [6, 6.07) is 0. The van der Waals surface area contributed by atoms with E-state index in [4.69, 9.17) is 0 Å². The summed E-state index contributed by atoms with van der Waals surface area (Å²) in [5.41, 5.74) is 0. The van der Waals surface area contributed by atoms with Crippen LogP contribution in [0.3, 0.4) is 0 Å². The van der Waals surface area contributed by atoms with Gasteiger partial charge in [0, 0.05) is 5.92 Å². The number of hydrogen-bond acceptors (Lipinski definition) is 3. The van der Waals surface area contributed by atoms with Gasteiger partial charge in [-0.05, 0) is 5.92 Å². The molecule has 0 aliphatic carbocycles. The molecule has 2 unspecified atom stereocenters. The molecule has 0 rings (SSSR count). The van der Waals surface area contributed by atoms with Crippen molar-refractivity contribution in [3.05, 3.63) is 0 Å². The first-order valence-corrected chi connectivity index (χ1v) is 6.18. The first kappa shape index (κ1) is 12.4. The van der Waals surface area contributed by atoms with E-state index >= 15 is 0 Å². The van der Waals surface area contributed by atoms with Crippen molar-refractivity contribution in [2.45, 2.75) is 27.2 Å². The minimum Gasteiger partial charge on any atom is -0.274 e.